The highest BCUT2D eigenvalue weighted by atomic mass is 16.4. The first kappa shape index (κ1) is 8.96. The fourth-order valence-corrected chi connectivity index (χ4v) is 1.12. The minimum Gasteiger partial charge on any atom is -0.438 e. The van der Waals surface area contributed by atoms with Crippen LogP contribution in [0.1, 0.15) is 11.5 Å². The fraction of sp³-hybridized carbons (Fsp3) is 0.333. The lowest BCUT2D eigenvalue weighted by Gasteiger charge is -1.88. The molecule has 5 heteroatoms. The Bertz CT molecular complexity index is 419. The summed E-state index contributed by atoms with van der Waals surface area (Å²) >= 11 is 0. The average Bonchev–Trinajstić information content (AvgIpc) is 2.74. The van der Waals surface area contributed by atoms with Gasteiger partial charge in [0.05, 0.1) is 12.4 Å². The van der Waals surface area contributed by atoms with Gasteiger partial charge in [-0.15, -0.1) is 0 Å². The van der Waals surface area contributed by atoms with Crippen molar-refractivity contribution >= 4 is 0 Å². The summed E-state index contributed by atoms with van der Waals surface area (Å²) in [5, 5.41) is 0. The van der Waals surface area contributed by atoms with Crippen molar-refractivity contribution in [1.29, 1.82) is 0 Å². The largest absolute Gasteiger partial charge is 0.438 e. The van der Waals surface area contributed by atoms with Crippen LogP contribution in [-0.2, 0) is 6.42 Å². The highest BCUT2D eigenvalue weighted by Crippen LogP contribution is 2.18. The second kappa shape index (κ2) is 3.63. The van der Waals surface area contributed by atoms with E-state index in [-0.39, 0.29) is 0 Å². The third-order valence-electron chi connectivity index (χ3n) is 1.75. The Hall–Kier alpha value is -1.62. The molecular formula is C9H11N3O2. The van der Waals surface area contributed by atoms with Crippen LogP contribution in [-0.4, -0.2) is 16.5 Å². The first-order chi connectivity index (χ1) is 6.79. The molecule has 74 valence electrons. The minimum absolute atomic E-state index is 0.404. The molecule has 0 aliphatic rings. The van der Waals surface area contributed by atoms with E-state index in [9.17, 15) is 0 Å². The molecule has 0 atom stereocenters. The van der Waals surface area contributed by atoms with Gasteiger partial charge in [-0.25, -0.2) is 9.97 Å². The van der Waals surface area contributed by atoms with Crippen molar-refractivity contribution in [2.45, 2.75) is 13.3 Å². The Kier molecular flexibility index (Phi) is 2.32. The molecule has 0 aliphatic carbocycles. The Morgan fingerprint density at radius 2 is 1.93 bits per heavy atom. The van der Waals surface area contributed by atoms with Gasteiger partial charge in [0, 0.05) is 6.42 Å². The van der Waals surface area contributed by atoms with Gasteiger partial charge in [0.2, 0.25) is 0 Å². The molecule has 14 heavy (non-hydrogen) atoms. The van der Waals surface area contributed by atoms with E-state index in [1.54, 1.807) is 12.4 Å². The number of nitrogens with two attached hydrogens (primary N) is 1. The SMILES string of the molecule is Cc1cnc(-c2ncc(CCN)o2)o1. The second-order valence-electron chi connectivity index (χ2n) is 2.95. The number of hydrogen-bond donors (Lipinski definition) is 1. The molecule has 0 amide bonds. The van der Waals surface area contributed by atoms with Crippen LogP contribution in [0, 0.1) is 6.92 Å². The van der Waals surface area contributed by atoms with Crippen molar-refractivity contribution in [2.24, 2.45) is 5.73 Å². The number of aryl methyl sites for hydroxylation is 1. The monoisotopic (exact) mass is 193 g/mol. The van der Waals surface area contributed by atoms with Gasteiger partial charge in [0.25, 0.3) is 11.8 Å². The van der Waals surface area contributed by atoms with Crippen LogP contribution < -0.4 is 5.73 Å². The molecule has 0 fully saturated rings. The van der Waals surface area contributed by atoms with Gasteiger partial charge >= 0.3 is 0 Å². The quantitative estimate of drug-likeness (QED) is 0.790. The van der Waals surface area contributed by atoms with Crippen molar-refractivity contribution in [3.63, 3.8) is 0 Å². The maximum atomic E-state index is 5.39. The molecule has 2 heterocycles. The normalized spacial score (nSPS) is 10.7. The van der Waals surface area contributed by atoms with Crippen molar-refractivity contribution in [3.05, 3.63) is 23.9 Å². The minimum atomic E-state index is 0.404. The zero-order valence-electron chi connectivity index (χ0n) is 7.86. The van der Waals surface area contributed by atoms with Crippen molar-refractivity contribution < 1.29 is 8.83 Å². The highest BCUT2D eigenvalue weighted by molar-refractivity contribution is 5.37. The van der Waals surface area contributed by atoms with Crippen molar-refractivity contribution in [2.75, 3.05) is 6.54 Å². The number of rotatable bonds is 3. The summed E-state index contributed by atoms with van der Waals surface area (Å²) in [7, 11) is 0. The Morgan fingerprint density at radius 1 is 1.21 bits per heavy atom. The predicted molar refractivity (Wildman–Crippen MR) is 49.5 cm³/mol. The molecule has 0 aliphatic heterocycles. The zero-order valence-corrected chi connectivity index (χ0v) is 7.86. The van der Waals surface area contributed by atoms with E-state index in [1.807, 2.05) is 6.92 Å². The molecule has 0 unspecified atom stereocenters. The van der Waals surface area contributed by atoms with Crippen LogP contribution in [0.15, 0.2) is 21.2 Å². The first-order valence-corrected chi connectivity index (χ1v) is 4.37. The smallest absolute Gasteiger partial charge is 0.283 e. The molecule has 0 aromatic carbocycles. The van der Waals surface area contributed by atoms with Crippen LogP contribution in [0.3, 0.4) is 0 Å². The van der Waals surface area contributed by atoms with E-state index >= 15 is 0 Å². The lowest BCUT2D eigenvalue weighted by Crippen LogP contribution is -2.01. The lowest BCUT2D eigenvalue weighted by atomic mass is 10.4. The summed E-state index contributed by atoms with van der Waals surface area (Å²) in [6, 6.07) is 0. The number of oxazole rings is 2. The zero-order chi connectivity index (χ0) is 9.97. The van der Waals surface area contributed by atoms with Gasteiger partial charge in [-0.1, -0.05) is 0 Å². The standard InChI is InChI=1S/C9H11N3O2/c1-6-4-11-8(13-6)9-12-5-7(14-9)2-3-10/h4-5H,2-3,10H2,1H3. The summed E-state index contributed by atoms with van der Waals surface area (Å²) in [5.41, 5.74) is 5.39. The third kappa shape index (κ3) is 1.67. The molecule has 2 aromatic rings. The molecule has 0 saturated heterocycles. The van der Waals surface area contributed by atoms with Crippen LogP contribution in [0.4, 0.5) is 0 Å². The molecule has 0 saturated carbocycles. The summed E-state index contributed by atoms with van der Waals surface area (Å²) in [6.07, 6.45) is 3.94. The van der Waals surface area contributed by atoms with Gasteiger partial charge in [-0.05, 0) is 13.5 Å². The average molecular weight is 193 g/mol. The van der Waals surface area contributed by atoms with E-state index in [1.165, 1.54) is 0 Å². The molecule has 5 nitrogen and oxygen atoms in total. The van der Waals surface area contributed by atoms with Gasteiger partial charge in [0.1, 0.15) is 11.5 Å². The first-order valence-electron chi connectivity index (χ1n) is 4.37. The van der Waals surface area contributed by atoms with Gasteiger partial charge in [0.15, 0.2) is 0 Å². The summed E-state index contributed by atoms with van der Waals surface area (Å²) < 4.78 is 10.6. The molecule has 2 aromatic heterocycles. The summed E-state index contributed by atoms with van der Waals surface area (Å²) in [5.74, 6) is 2.30. The molecule has 0 bridgehead atoms. The maximum absolute atomic E-state index is 5.39. The van der Waals surface area contributed by atoms with Gasteiger partial charge < -0.3 is 14.6 Å². The van der Waals surface area contributed by atoms with E-state index in [2.05, 4.69) is 9.97 Å². The molecule has 0 spiro atoms. The van der Waals surface area contributed by atoms with Crippen LogP contribution in [0.5, 0.6) is 0 Å². The number of nitrogens with zero attached hydrogens (tertiary/aromatic N) is 2. The summed E-state index contributed by atoms with van der Waals surface area (Å²) in [6.45, 7) is 2.36. The summed E-state index contributed by atoms with van der Waals surface area (Å²) in [4.78, 5) is 8.05. The van der Waals surface area contributed by atoms with E-state index in [0.717, 1.165) is 11.5 Å². The molecular weight excluding hydrogens is 182 g/mol. The van der Waals surface area contributed by atoms with Crippen LogP contribution in [0.25, 0.3) is 11.8 Å². The fourth-order valence-electron chi connectivity index (χ4n) is 1.12. The Morgan fingerprint density at radius 3 is 2.57 bits per heavy atom. The number of aromatic nitrogens is 2. The second-order valence-corrected chi connectivity index (χ2v) is 2.95. The van der Waals surface area contributed by atoms with Crippen LogP contribution >= 0.6 is 0 Å². The molecule has 2 rings (SSSR count). The van der Waals surface area contributed by atoms with Gasteiger partial charge in [-0.2, -0.15) is 0 Å². The van der Waals surface area contributed by atoms with E-state index < -0.39 is 0 Å². The van der Waals surface area contributed by atoms with Crippen molar-refractivity contribution in [1.82, 2.24) is 9.97 Å². The van der Waals surface area contributed by atoms with Gasteiger partial charge in [-0.3, -0.25) is 0 Å². The third-order valence-corrected chi connectivity index (χ3v) is 1.75. The van der Waals surface area contributed by atoms with E-state index in [0.29, 0.717) is 24.7 Å². The van der Waals surface area contributed by atoms with Crippen LogP contribution in [0.2, 0.25) is 0 Å². The predicted octanol–water partition coefficient (Wildman–Crippen LogP) is 1.14. The highest BCUT2D eigenvalue weighted by Gasteiger charge is 2.11. The van der Waals surface area contributed by atoms with E-state index in [4.69, 9.17) is 14.6 Å². The lowest BCUT2D eigenvalue weighted by molar-refractivity contribution is 0.473. The topological polar surface area (TPSA) is 78.1 Å². The molecule has 0 radical (unpaired) electrons. The maximum Gasteiger partial charge on any atom is 0.283 e. The van der Waals surface area contributed by atoms with Crippen molar-refractivity contribution in [3.8, 4) is 11.8 Å². The molecule has 2 N–H and O–H groups in total. The Balaban J connectivity index is 2.24. The number of hydrogen-bond acceptors (Lipinski definition) is 5. The Labute approximate surface area is 81.0 Å².